The van der Waals surface area contributed by atoms with Gasteiger partial charge in [0, 0.05) is 21.5 Å². The van der Waals surface area contributed by atoms with Gasteiger partial charge in [-0.05, 0) is 62.7 Å². The van der Waals surface area contributed by atoms with Crippen molar-refractivity contribution in [2.24, 2.45) is 0 Å². The molecule has 8 heteroatoms. The number of carbonyl (C=O) groups is 1. The van der Waals surface area contributed by atoms with Crippen LogP contribution in [-0.2, 0) is 0 Å². The molecule has 0 bridgehead atoms. The molecule has 156 valence electrons. The first-order valence-electron chi connectivity index (χ1n) is 9.68. The number of nitrogens with one attached hydrogen (secondary N) is 2. The molecule has 0 spiro atoms. The number of H-pyrrole nitrogens is 1. The molecular formula is C23H21N5O2S. The van der Waals surface area contributed by atoms with Crippen LogP contribution in [0.25, 0.3) is 5.82 Å². The van der Waals surface area contributed by atoms with Gasteiger partial charge < -0.3 is 5.32 Å². The van der Waals surface area contributed by atoms with Gasteiger partial charge in [-0.2, -0.15) is 10.2 Å². The number of benzene rings is 2. The fourth-order valence-corrected chi connectivity index (χ4v) is 4.05. The summed E-state index contributed by atoms with van der Waals surface area (Å²) >= 11 is 1.69. The number of carbonyl (C=O) groups excluding carboxylic acids is 1. The first kappa shape index (κ1) is 20.6. The largest absolute Gasteiger partial charge is 0.322 e. The molecule has 0 radical (unpaired) electrons. The van der Waals surface area contributed by atoms with Crippen LogP contribution in [0.4, 0.5) is 5.69 Å². The van der Waals surface area contributed by atoms with E-state index in [0.29, 0.717) is 22.8 Å². The summed E-state index contributed by atoms with van der Waals surface area (Å²) in [7, 11) is 0. The van der Waals surface area contributed by atoms with Gasteiger partial charge in [-0.15, -0.1) is 0 Å². The molecule has 2 aromatic heterocycles. The van der Waals surface area contributed by atoms with Gasteiger partial charge in [-0.3, -0.25) is 9.59 Å². The molecule has 0 unspecified atom stereocenters. The van der Waals surface area contributed by atoms with Crippen molar-refractivity contribution in [1.82, 2.24) is 20.0 Å². The van der Waals surface area contributed by atoms with Gasteiger partial charge in [0.05, 0.1) is 17.5 Å². The first-order chi connectivity index (χ1) is 14.9. The average molecular weight is 432 g/mol. The summed E-state index contributed by atoms with van der Waals surface area (Å²) in [5.74, 6) is 0.173. The van der Waals surface area contributed by atoms with E-state index >= 15 is 0 Å². The van der Waals surface area contributed by atoms with E-state index in [4.69, 9.17) is 0 Å². The Balaban J connectivity index is 1.46. The Hall–Kier alpha value is -3.65. The molecule has 2 heterocycles. The van der Waals surface area contributed by atoms with E-state index in [1.54, 1.807) is 24.8 Å². The normalized spacial score (nSPS) is 10.8. The number of aromatic nitrogens is 4. The van der Waals surface area contributed by atoms with Crippen molar-refractivity contribution in [2.45, 2.75) is 30.6 Å². The van der Waals surface area contributed by atoms with Crippen LogP contribution < -0.4 is 10.9 Å². The molecule has 0 fully saturated rings. The van der Waals surface area contributed by atoms with E-state index in [2.05, 4.69) is 52.7 Å². The molecule has 4 rings (SSSR count). The molecule has 0 aliphatic heterocycles. The van der Waals surface area contributed by atoms with Crippen molar-refractivity contribution >= 4 is 23.4 Å². The van der Waals surface area contributed by atoms with E-state index in [1.807, 2.05) is 24.3 Å². The number of aryl methyl sites for hydroxylation is 2. The van der Waals surface area contributed by atoms with Crippen molar-refractivity contribution in [1.29, 1.82) is 0 Å². The third kappa shape index (κ3) is 4.59. The number of hydrogen-bond donors (Lipinski definition) is 2. The van der Waals surface area contributed by atoms with E-state index in [1.165, 1.54) is 33.0 Å². The molecule has 2 aromatic carbocycles. The van der Waals surface area contributed by atoms with Crippen LogP contribution in [0.1, 0.15) is 27.2 Å². The second kappa shape index (κ2) is 8.61. The predicted octanol–water partition coefficient (Wildman–Crippen LogP) is 4.28. The SMILES string of the molecule is Cc1ccc(Sc2ccc(NC(=O)c3cnn(-c4ccc(=O)[nH]n4)c3C)cc2)c(C)c1. The molecule has 2 N–H and O–H groups in total. The molecule has 0 aliphatic carbocycles. The average Bonchev–Trinajstić information content (AvgIpc) is 3.13. The second-order valence-electron chi connectivity index (χ2n) is 7.18. The summed E-state index contributed by atoms with van der Waals surface area (Å²) < 4.78 is 1.51. The molecular weight excluding hydrogens is 410 g/mol. The predicted molar refractivity (Wildman–Crippen MR) is 121 cm³/mol. The zero-order chi connectivity index (χ0) is 22.0. The lowest BCUT2D eigenvalue weighted by molar-refractivity contribution is 0.102. The highest BCUT2D eigenvalue weighted by Gasteiger charge is 2.16. The Labute approximate surface area is 183 Å². The van der Waals surface area contributed by atoms with E-state index in [0.717, 1.165) is 4.90 Å². The summed E-state index contributed by atoms with van der Waals surface area (Å²) in [6, 6.07) is 17.0. The minimum absolute atomic E-state index is 0.261. The Morgan fingerprint density at radius 1 is 1.03 bits per heavy atom. The molecule has 1 amide bonds. The van der Waals surface area contributed by atoms with E-state index in [-0.39, 0.29) is 11.5 Å². The van der Waals surface area contributed by atoms with Gasteiger partial charge in [-0.1, -0.05) is 29.5 Å². The minimum atomic E-state index is -0.300. The van der Waals surface area contributed by atoms with Crippen LogP contribution in [-0.4, -0.2) is 25.9 Å². The van der Waals surface area contributed by atoms with Gasteiger partial charge in [0.15, 0.2) is 5.82 Å². The third-order valence-corrected chi connectivity index (χ3v) is 5.99. The summed E-state index contributed by atoms with van der Waals surface area (Å²) in [6.45, 7) is 5.97. The highest BCUT2D eigenvalue weighted by atomic mass is 32.2. The maximum absolute atomic E-state index is 12.7. The number of hydrogen-bond acceptors (Lipinski definition) is 5. The zero-order valence-corrected chi connectivity index (χ0v) is 18.2. The van der Waals surface area contributed by atoms with E-state index < -0.39 is 0 Å². The van der Waals surface area contributed by atoms with Crippen LogP contribution >= 0.6 is 11.8 Å². The maximum Gasteiger partial charge on any atom is 0.264 e. The number of nitrogens with zero attached hydrogens (tertiary/aromatic N) is 3. The van der Waals surface area contributed by atoms with Gasteiger partial charge in [0.2, 0.25) is 0 Å². The maximum atomic E-state index is 12.7. The molecule has 7 nitrogen and oxygen atoms in total. The van der Waals surface area contributed by atoms with Gasteiger partial charge in [0.25, 0.3) is 11.5 Å². The van der Waals surface area contributed by atoms with E-state index in [9.17, 15) is 9.59 Å². The second-order valence-corrected chi connectivity index (χ2v) is 8.30. The van der Waals surface area contributed by atoms with Gasteiger partial charge in [0.1, 0.15) is 0 Å². The van der Waals surface area contributed by atoms with Crippen LogP contribution in [0.3, 0.4) is 0 Å². The Morgan fingerprint density at radius 2 is 1.81 bits per heavy atom. The van der Waals surface area contributed by atoms with Crippen molar-refractivity contribution in [3.8, 4) is 5.82 Å². The minimum Gasteiger partial charge on any atom is -0.322 e. The number of anilines is 1. The highest BCUT2D eigenvalue weighted by Crippen LogP contribution is 2.31. The number of rotatable bonds is 5. The Morgan fingerprint density at radius 3 is 2.48 bits per heavy atom. The number of aromatic amines is 1. The molecule has 0 saturated carbocycles. The fraction of sp³-hybridized carbons (Fsp3) is 0.130. The van der Waals surface area contributed by atoms with Crippen LogP contribution in [0.2, 0.25) is 0 Å². The molecule has 0 aliphatic rings. The zero-order valence-electron chi connectivity index (χ0n) is 17.3. The topological polar surface area (TPSA) is 92.7 Å². The standard InChI is InChI=1S/C23H21N5O2S/c1-14-4-9-20(15(2)12-14)31-18-7-5-17(6-8-18)25-23(30)19-13-24-28(16(19)3)21-10-11-22(29)27-26-21/h4-13H,1-3H3,(H,25,30)(H,27,29). The van der Waals surface area contributed by atoms with Crippen molar-refractivity contribution in [3.63, 3.8) is 0 Å². The molecule has 0 saturated heterocycles. The van der Waals surface area contributed by atoms with Crippen LogP contribution in [0.5, 0.6) is 0 Å². The highest BCUT2D eigenvalue weighted by molar-refractivity contribution is 7.99. The van der Waals surface area contributed by atoms with Crippen molar-refractivity contribution in [2.75, 3.05) is 5.32 Å². The smallest absolute Gasteiger partial charge is 0.264 e. The lowest BCUT2D eigenvalue weighted by Gasteiger charge is -2.09. The Bertz CT molecular complexity index is 1290. The summed E-state index contributed by atoms with van der Waals surface area (Å²) in [5, 5.41) is 13.4. The fourth-order valence-electron chi connectivity index (χ4n) is 3.16. The lowest BCUT2D eigenvalue weighted by atomic mass is 10.2. The molecule has 4 aromatic rings. The number of amides is 1. The molecule has 0 atom stereocenters. The third-order valence-electron chi connectivity index (χ3n) is 4.81. The first-order valence-corrected chi connectivity index (χ1v) is 10.5. The van der Waals surface area contributed by atoms with Gasteiger partial charge in [-0.25, -0.2) is 9.78 Å². The summed E-state index contributed by atoms with van der Waals surface area (Å²) in [6.07, 6.45) is 1.49. The lowest BCUT2D eigenvalue weighted by Crippen LogP contribution is -2.14. The van der Waals surface area contributed by atoms with Crippen LogP contribution in [0.15, 0.2) is 75.4 Å². The quantitative estimate of drug-likeness (QED) is 0.492. The van der Waals surface area contributed by atoms with Crippen molar-refractivity contribution < 1.29 is 4.79 Å². The summed E-state index contributed by atoms with van der Waals surface area (Å²) in [4.78, 5) is 26.2. The Kier molecular flexibility index (Phi) is 5.73. The van der Waals surface area contributed by atoms with Crippen molar-refractivity contribution in [3.05, 3.63) is 93.5 Å². The van der Waals surface area contributed by atoms with Crippen LogP contribution in [0, 0.1) is 20.8 Å². The van der Waals surface area contributed by atoms with Gasteiger partial charge >= 0.3 is 0 Å². The molecule has 31 heavy (non-hydrogen) atoms. The summed E-state index contributed by atoms with van der Waals surface area (Å²) in [5.41, 5.74) is 3.94. The monoisotopic (exact) mass is 431 g/mol.